The first-order valence-electron chi connectivity index (χ1n) is 10.2. The van der Waals surface area contributed by atoms with Crippen LogP contribution >= 0.6 is 0 Å². The van der Waals surface area contributed by atoms with Crippen LogP contribution in [0.1, 0.15) is 22.6 Å². The Bertz CT molecular complexity index is 1110. The Morgan fingerprint density at radius 1 is 0.967 bits per heavy atom. The molecule has 2 aromatic carbocycles. The second-order valence-corrected chi connectivity index (χ2v) is 9.75. The van der Waals surface area contributed by atoms with Crippen molar-refractivity contribution >= 4 is 10.0 Å². The van der Waals surface area contributed by atoms with Gasteiger partial charge in [0, 0.05) is 38.3 Å². The summed E-state index contributed by atoms with van der Waals surface area (Å²) in [6, 6.07) is 15.8. The molecule has 0 unspecified atom stereocenters. The Labute approximate surface area is 178 Å². The molecule has 0 amide bonds. The molecule has 0 aliphatic carbocycles. The van der Waals surface area contributed by atoms with E-state index < -0.39 is 10.0 Å². The lowest BCUT2D eigenvalue weighted by molar-refractivity contribution is 0.181. The standard InChI is InChI=1S/C23H27N3O3S/c1-17-9-10-21(23-18(2)24-29-19(23)3)15-22(17)30(27,28)26-13-11-25(12-14-26)16-20-7-5-4-6-8-20/h4-10,15H,11-14,16H2,1-3H3. The first-order chi connectivity index (χ1) is 14.4. The van der Waals surface area contributed by atoms with Gasteiger partial charge >= 0.3 is 0 Å². The number of rotatable bonds is 5. The fraction of sp³-hybridized carbons (Fsp3) is 0.348. The molecular weight excluding hydrogens is 398 g/mol. The van der Waals surface area contributed by atoms with Gasteiger partial charge in [-0.05, 0) is 43.5 Å². The molecule has 1 aromatic heterocycles. The minimum absolute atomic E-state index is 0.358. The maximum atomic E-state index is 13.4. The number of nitrogens with zero attached hydrogens (tertiary/aromatic N) is 3. The van der Waals surface area contributed by atoms with E-state index in [-0.39, 0.29) is 0 Å². The quantitative estimate of drug-likeness (QED) is 0.622. The van der Waals surface area contributed by atoms with E-state index in [9.17, 15) is 8.42 Å². The van der Waals surface area contributed by atoms with Crippen LogP contribution in [0.3, 0.4) is 0 Å². The third kappa shape index (κ3) is 4.05. The number of aromatic nitrogens is 1. The average molecular weight is 426 g/mol. The summed E-state index contributed by atoms with van der Waals surface area (Å²) >= 11 is 0. The second-order valence-electron chi connectivity index (χ2n) is 7.85. The molecule has 0 bridgehead atoms. The van der Waals surface area contributed by atoms with Crippen LogP contribution in [-0.4, -0.2) is 49.0 Å². The van der Waals surface area contributed by atoms with Crippen molar-refractivity contribution in [2.75, 3.05) is 26.2 Å². The summed E-state index contributed by atoms with van der Waals surface area (Å²) in [5, 5.41) is 4.00. The molecule has 1 aliphatic heterocycles. The van der Waals surface area contributed by atoms with Gasteiger partial charge in [0.25, 0.3) is 0 Å². The minimum atomic E-state index is -3.57. The molecule has 1 aliphatic rings. The SMILES string of the molecule is Cc1ccc(-c2c(C)noc2C)cc1S(=O)(=O)N1CCN(Cc2ccccc2)CC1. The summed E-state index contributed by atoms with van der Waals surface area (Å²) in [5.74, 6) is 0.689. The molecule has 30 heavy (non-hydrogen) atoms. The summed E-state index contributed by atoms with van der Waals surface area (Å²) < 4.78 is 33.7. The van der Waals surface area contributed by atoms with Gasteiger partial charge in [0.15, 0.2) is 0 Å². The molecule has 2 heterocycles. The minimum Gasteiger partial charge on any atom is -0.361 e. The summed E-state index contributed by atoms with van der Waals surface area (Å²) in [6.07, 6.45) is 0. The summed E-state index contributed by atoms with van der Waals surface area (Å²) in [5.41, 5.74) is 4.43. The van der Waals surface area contributed by atoms with Gasteiger partial charge < -0.3 is 4.52 Å². The van der Waals surface area contributed by atoms with Gasteiger partial charge in [0.1, 0.15) is 5.76 Å². The van der Waals surface area contributed by atoms with E-state index in [1.165, 1.54) is 5.56 Å². The molecule has 0 spiro atoms. The van der Waals surface area contributed by atoms with Gasteiger partial charge in [-0.15, -0.1) is 0 Å². The molecular formula is C23H27N3O3S. The van der Waals surface area contributed by atoms with Gasteiger partial charge in [-0.1, -0.05) is 47.6 Å². The van der Waals surface area contributed by atoms with Crippen LogP contribution in [0.2, 0.25) is 0 Å². The normalized spacial score (nSPS) is 16.1. The third-order valence-electron chi connectivity index (χ3n) is 5.71. The maximum Gasteiger partial charge on any atom is 0.243 e. The van der Waals surface area contributed by atoms with Gasteiger partial charge in [-0.25, -0.2) is 8.42 Å². The van der Waals surface area contributed by atoms with E-state index >= 15 is 0 Å². The zero-order valence-electron chi connectivity index (χ0n) is 17.6. The Balaban J connectivity index is 1.54. The molecule has 6 nitrogen and oxygen atoms in total. The molecule has 158 valence electrons. The van der Waals surface area contributed by atoms with Gasteiger partial charge in [0.2, 0.25) is 10.0 Å². The van der Waals surface area contributed by atoms with Crippen LogP contribution in [0.25, 0.3) is 11.1 Å². The first kappa shape index (κ1) is 20.8. The Morgan fingerprint density at radius 2 is 1.67 bits per heavy atom. The lowest BCUT2D eigenvalue weighted by Crippen LogP contribution is -2.48. The van der Waals surface area contributed by atoms with E-state index in [2.05, 4.69) is 22.2 Å². The van der Waals surface area contributed by atoms with Crippen LogP contribution in [0.5, 0.6) is 0 Å². The van der Waals surface area contributed by atoms with E-state index in [1.54, 1.807) is 10.4 Å². The highest BCUT2D eigenvalue weighted by Crippen LogP contribution is 2.31. The highest BCUT2D eigenvalue weighted by Gasteiger charge is 2.30. The number of hydrogen-bond acceptors (Lipinski definition) is 5. The van der Waals surface area contributed by atoms with Crippen molar-refractivity contribution in [1.29, 1.82) is 0 Å². The maximum absolute atomic E-state index is 13.4. The van der Waals surface area contributed by atoms with E-state index in [4.69, 9.17) is 4.52 Å². The molecule has 0 N–H and O–H groups in total. The third-order valence-corrected chi connectivity index (χ3v) is 7.75. The Kier molecular flexibility index (Phi) is 5.77. The second kappa shape index (κ2) is 8.34. The predicted molar refractivity (Wildman–Crippen MR) is 117 cm³/mol. The molecule has 0 radical (unpaired) electrons. The molecule has 0 atom stereocenters. The molecule has 3 aromatic rings. The fourth-order valence-corrected chi connectivity index (χ4v) is 5.71. The Morgan fingerprint density at radius 3 is 2.30 bits per heavy atom. The van der Waals surface area contributed by atoms with Crippen molar-refractivity contribution in [3.63, 3.8) is 0 Å². The molecule has 1 fully saturated rings. The summed E-state index contributed by atoms with van der Waals surface area (Å²) in [6.45, 7) is 8.81. The Hall–Kier alpha value is -2.48. The van der Waals surface area contributed by atoms with Crippen molar-refractivity contribution in [2.45, 2.75) is 32.2 Å². The van der Waals surface area contributed by atoms with E-state index in [1.807, 2.05) is 51.1 Å². The predicted octanol–water partition coefficient (Wildman–Crippen LogP) is 3.77. The number of hydrogen-bond donors (Lipinski definition) is 0. The fourth-order valence-electron chi connectivity index (χ4n) is 4.04. The van der Waals surface area contributed by atoms with Gasteiger partial charge in [-0.3, -0.25) is 4.90 Å². The zero-order valence-corrected chi connectivity index (χ0v) is 18.4. The molecule has 1 saturated heterocycles. The first-order valence-corrected chi connectivity index (χ1v) is 11.6. The van der Waals surface area contributed by atoms with Crippen molar-refractivity contribution in [2.24, 2.45) is 0 Å². The van der Waals surface area contributed by atoms with Crippen LogP contribution < -0.4 is 0 Å². The van der Waals surface area contributed by atoms with Gasteiger partial charge in [-0.2, -0.15) is 4.31 Å². The van der Waals surface area contributed by atoms with Gasteiger partial charge in [0.05, 0.1) is 10.6 Å². The lowest BCUT2D eigenvalue weighted by atomic mass is 10.0. The lowest BCUT2D eigenvalue weighted by Gasteiger charge is -2.34. The summed E-state index contributed by atoms with van der Waals surface area (Å²) in [7, 11) is -3.57. The van der Waals surface area contributed by atoms with Crippen LogP contribution in [-0.2, 0) is 16.6 Å². The van der Waals surface area contributed by atoms with Crippen molar-refractivity contribution in [3.05, 3.63) is 71.1 Å². The van der Waals surface area contributed by atoms with Crippen molar-refractivity contribution in [1.82, 2.24) is 14.4 Å². The molecule has 0 saturated carbocycles. The van der Waals surface area contributed by atoms with E-state index in [0.29, 0.717) is 23.7 Å². The molecule has 7 heteroatoms. The number of piperazine rings is 1. The van der Waals surface area contributed by atoms with Crippen LogP contribution in [0, 0.1) is 20.8 Å². The smallest absolute Gasteiger partial charge is 0.243 e. The topological polar surface area (TPSA) is 66.7 Å². The van der Waals surface area contributed by atoms with Crippen LogP contribution in [0.4, 0.5) is 0 Å². The zero-order chi connectivity index (χ0) is 21.3. The largest absolute Gasteiger partial charge is 0.361 e. The highest BCUT2D eigenvalue weighted by atomic mass is 32.2. The number of benzene rings is 2. The highest BCUT2D eigenvalue weighted by molar-refractivity contribution is 7.89. The molecule has 4 rings (SSSR count). The van der Waals surface area contributed by atoms with Crippen molar-refractivity contribution < 1.29 is 12.9 Å². The monoisotopic (exact) mass is 425 g/mol. The number of aryl methyl sites for hydroxylation is 3. The number of sulfonamides is 1. The van der Waals surface area contributed by atoms with E-state index in [0.717, 1.165) is 42.0 Å². The summed E-state index contributed by atoms with van der Waals surface area (Å²) in [4.78, 5) is 2.66. The van der Waals surface area contributed by atoms with Crippen molar-refractivity contribution in [3.8, 4) is 11.1 Å². The van der Waals surface area contributed by atoms with Crippen LogP contribution in [0.15, 0.2) is 57.9 Å². The average Bonchev–Trinajstić information content (AvgIpc) is 3.08.